The van der Waals surface area contributed by atoms with E-state index in [0.29, 0.717) is 11.8 Å². The van der Waals surface area contributed by atoms with Gasteiger partial charge in [0.25, 0.3) is 0 Å². The monoisotopic (exact) mass is 346 g/mol. The van der Waals surface area contributed by atoms with E-state index in [4.69, 9.17) is 39.4 Å². The summed E-state index contributed by atoms with van der Waals surface area (Å²) < 4.78 is 9.47. The van der Waals surface area contributed by atoms with Crippen molar-refractivity contribution in [3.05, 3.63) is 0 Å². The van der Waals surface area contributed by atoms with Gasteiger partial charge in [-0.15, -0.1) is 0 Å². The van der Waals surface area contributed by atoms with Crippen LogP contribution < -0.4 is 0 Å². The van der Waals surface area contributed by atoms with Crippen LogP contribution in [-0.2, 0) is 25.4 Å². The van der Waals surface area contributed by atoms with Crippen LogP contribution >= 0.6 is 19.1 Å². The first-order chi connectivity index (χ1) is 7.20. The third kappa shape index (κ3) is 10.5. The van der Waals surface area contributed by atoms with Crippen LogP contribution in [0.1, 0.15) is 25.7 Å². The first-order valence-corrected chi connectivity index (χ1v) is 8.44. The van der Waals surface area contributed by atoms with Crippen LogP contribution in [0.2, 0.25) is 0 Å². The van der Waals surface area contributed by atoms with Crippen LogP contribution in [-0.4, -0.2) is 25.0 Å². The van der Waals surface area contributed by atoms with Gasteiger partial charge >= 0.3 is 35.0 Å². The number of rotatable bonds is 0. The van der Waals surface area contributed by atoms with Crippen LogP contribution in [0.3, 0.4) is 0 Å². The van der Waals surface area contributed by atoms with Crippen LogP contribution in [0.25, 0.3) is 0 Å². The average Bonchev–Trinajstić information content (AvgIpc) is 2.81. The fourth-order valence-electron chi connectivity index (χ4n) is 1.00. The molecule has 0 aromatic rings. The number of hydrogen-bond donors (Lipinski definition) is 2. The second kappa shape index (κ2) is 10.7. The standard InChI is InChI=1S/2C4H7NO.2ClH.Pd/c2*5-4-2-1-3-6-4;;;/h2*5H,1-3H2;2*1H;/q;;;;+2/p-2. The first kappa shape index (κ1) is 15.2. The van der Waals surface area contributed by atoms with Gasteiger partial charge in [0.05, 0.1) is 13.2 Å². The van der Waals surface area contributed by atoms with Crippen molar-refractivity contribution < 1.29 is 25.4 Å². The van der Waals surface area contributed by atoms with Crippen molar-refractivity contribution >= 4 is 30.9 Å². The van der Waals surface area contributed by atoms with Gasteiger partial charge < -0.3 is 9.47 Å². The van der Waals surface area contributed by atoms with Gasteiger partial charge in [-0.1, -0.05) is 0 Å². The molecule has 15 heavy (non-hydrogen) atoms. The predicted octanol–water partition coefficient (Wildman–Crippen LogP) is 2.92. The van der Waals surface area contributed by atoms with Crippen molar-refractivity contribution in [1.29, 1.82) is 10.8 Å². The maximum atomic E-state index is 6.83. The zero-order valence-corrected chi connectivity index (χ0v) is 11.2. The molecule has 2 aliphatic heterocycles. The van der Waals surface area contributed by atoms with Crippen molar-refractivity contribution in [2.45, 2.75) is 25.7 Å². The summed E-state index contributed by atoms with van der Waals surface area (Å²) in [7, 11) is 9.63. The fraction of sp³-hybridized carbons (Fsp3) is 0.750. The summed E-state index contributed by atoms with van der Waals surface area (Å²) in [6, 6.07) is 0. The quantitative estimate of drug-likeness (QED) is 0.662. The Balaban J connectivity index is 0.000000210. The zero-order chi connectivity index (χ0) is 11.5. The summed E-state index contributed by atoms with van der Waals surface area (Å²) in [4.78, 5) is 0. The molecule has 0 aromatic carbocycles. The van der Waals surface area contributed by atoms with Crippen LogP contribution in [0.5, 0.6) is 0 Å². The molecule has 2 fully saturated rings. The third-order valence-electron chi connectivity index (χ3n) is 1.65. The Hall–Kier alpha value is 0.182. The summed E-state index contributed by atoms with van der Waals surface area (Å²) in [6.45, 7) is 1.53. The van der Waals surface area contributed by atoms with Crippen molar-refractivity contribution in [3.8, 4) is 0 Å². The predicted molar refractivity (Wildman–Crippen MR) is 57.5 cm³/mol. The Kier molecular flexibility index (Phi) is 10.8. The van der Waals surface area contributed by atoms with Crippen LogP contribution in [0.15, 0.2) is 0 Å². The van der Waals surface area contributed by atoms with Gasteiger partial charge in [-0.05, 0) is 12.8 Å². The first-order valence-electron chi connectivity index (χ1n) is 4.43. The van der Waals surface area contributed by atoms with Crippen molar-refractivity contribution in [2.75, 3.05) is 13.2 Å². The van der Waals surface area contributed by atoms with E-state index in [9.17, 15) is 0 Å². The maximum absolute atomic E-state index is 6.83. The molecule has 0 aromatic heterocycles. The second-order valence-corrected chi connectivity index (χ2v) is 5.16. The number of ether oxygens (including phenoxy) is 2. The molecule has 0 unspecified atom stereocenters. The molecule has 0 radical (unpaired) electrons. The van der Waals surface area contributed by atoms with Gasteiger partial charge in [0.1, 0.15) is 0 Å². The molecular weight excluding hydrogens is 333 g/mol. The Bertz CT molecular complexity index is 169. The molecule has 2 rings (SSSR count). The van der Waals surface area contributed by atoms with Gasteiger partial charge in [-0.25, -0.2) is 0 Å². The van der Waals surface area contributed by atoms with Gasteiger partial charge in [-0.3, -0.25) is 10.8 Å². The number of nitrogens with one attached hydrogen (secondary N) is 2. The molecule has 2 N–H and O–H groups in total. The number of hydrogen-bond acceptors (Lipinski definition) is 4. The summed E-state index contributed by atoms with van der Waals surface area (Å²) in [6.07, 6.45) is 3.78. The van der Waals surface area contributed by atoms with E-state index < -0.39 is 0 Å². The molecule has 4 nitrogen and oxygen atoms in total. The van der Waals surface area contributed by atoms with Crippen LogP contribution in [0, 0.1) is 10.8 Å². The van der Waals surface area contributed by atoms with Crippen molar-refractivity contribution in [1.82, 2.24) is 0 Å². The summed E-state index contributed by atoms with van der Waals surface area (Å²) in [5.74, 6) is 0.907. The molecule has 2 heterocycles. The molecular formula is C8H14Cl2N2O2Pd. The zero-order valence-electron chi connectivity index (χ0n) is 8.13. The van der Waals surface area contributed by atoms with Gasteiger partial charge in [-0.2, -0.15) is 0 Å². The molecule has 0 atom stereocenters. The Morgan fingerprint density at radius 2 is 1.27 bits per heavy atom. The summed E-state index contributed by atoms with van der Waals surface area (Å²) in [5, 5.41) is 13.7. The summed E-state index contributed by atoms with van der Waals surface area (Å²) >= 11 is -0.106. The molecule has 2 saturated heterocycles. The van der Waals surface area contributed by atoms with Gasteiger partial charge in [0, 0.05) is 12.8 Å². The van der Waals surface area contributed by atoms with Crippen LogP contribution in [0.4, 0.5) is 0 Å². The third-order valence-corrected chi connectivity index (χ3v) is 1.65. The molecule has 0 amide bonds. The molecule has 0 aliphatic carbocycles. The summed E-state index contributed by atoms with van der Waals surface area (Å²) in [5.41, 5.74) is 0. The van der Waals surface area contributed by atoms with Crippen molar-refractivity contribution in [3.63, 3.8) is 0 Å². The molecule has 0 saturated carbocycles. The SMILES string of the molecule is N=C1CCCO1.N=C1CCCO1.[Cl][Pd][Cl]. The topological polar surface area (TPSA) is 66.2 Å². The van der Waals surface area contributed by atoms with Gasteiger partial charge in [0.2, 0.25) is 0 Å². The van der Waals surface area contributed by atoms with Gasteiger partial charge in [0.15, 0.2) is 11.8 Å². The average molecular weight is 348 g/mol. The molecule has 92 valence electrons. The van der Waals surface area contributed by atoms with E-state index in [0.717, 1.165) is 38.9 Å². The normalized spacial score (nSPS) is 18.3. The van der Waals surface area contributed by atoms with Crippen molar-refractivity contribution in [2.24, 2.45) is 0 Å². The Morgan fingerprint density at radius 1 is 0.933 bits per heavy atom. The van der Waals surface area contributed by atoms with E-state index in [1.807, 2.05) is 0 Å². The molecule has 0 bridgehead atoms. The van der Waals surface area contributed by atoms with E-state index >= 15 is 0 Å². The van der Waals surface area contributed by atoms with E-state index in [-0.39, 0.29) is 15.9 Å². The minimum atomic E-state index is -0.106. The number of halogens is 2. The Labute approximate surface area is 106 Å². The minimum absolute atomic E-state index is 0.106. The van der Waals surface area contributed by atoms with E-state index in [1.54, 1.807) is 0 Å². The second-order valence-electron chi connectivity index (χ2n) is 2.80. The molecule has 0 spiro atoms. The fourth-order valence-corrected chi connectivity index (χ4v) is 1.00. The molecule has 7 heteroatoms. The van der Waals surface area contributed by atoms with E-state index in [2.05, 4.69) is 0 Å². The van der Waals surface area contributed by atoms with E-state index in [1.165, 1.54) is 0 Å². The molecule has 2 aliphatic rings. The Morgan fingerprint density at radius 3 is 1.33 bits per heavy atom.